The third kappa shape index (κ3) is 3.52. The molecule has 0 bridgehead atoms. The molecule has 0 saturated carbocycles. The fourth-order valence-corrected chi connectivity index (χ4v) is 1.99. The number of halogens is 1. The van der Waals surface area contributed by atoms with Gasteiger partial charge in [0.15, 0.2) is 0 Å². The molecule has 0 radical (unpaired) electrons. The Morgan fingerprint density at radius 2 is 1.71 bits per heavy atom. The number of aryl methyl sites for hydroxylation is 1. The molecule has 0 heterocycles. The van der Waals surface area contributed by atoms with Crippen LogP contribution in [0.1, 0.15) is 44.4 Å². The van der Waals surface area contributed by atoms with Crippen molar-refractivity contribution in [3.63, 3.8) is 0 Å². The molecule has 0 atom stereocenters. The van der Waals surface area contributed by atoms with E-state index in [2.05, 4.69) is 5.92 Å². The van der Waals surface area contributed by atoms with Crippen molar-refractivity contribution in [2.75, 3.05) is 5.73 Å². The summed E-state index contributed by atoms with van der Waals surface area (Å²) < 4.78 is 13.6. The molecule has 0 aliphatic rings. The van der Waals surface area contributed by atoms with Crippen molar-refractivity contribution in [1.29, 1.82) is 5.26 Å². The van der Waals surface area contributed by atoms with Gasteiger partial charge in [0, 0.05) is 5.39 Å². The van der Waals surface area contributed by atoms with Gasteiger partial charge in [-0.25, -0.2) is 4.39 Å². The molecule has 0 spiro atoms. The van der Waals surface area contributed by atoms with Crippen molar-refractivity contribution >= 4 is 16.5 Å². The maximum atomic E-state index is 13.6. The predicted molar refractivity (Wildman–Crippen MR) is 88.4 cm³/mol. The minimum atomic E-state index is -0.461. The highest BCUT2D eigenvalue weighted by atomic mass is 19.1. The van der Waals surface area contributed by atoms with Crippen LogP contribution in [0.5, 0.6) is 0 Å². The molecule has 2 nitrogen and oxygen atoms in total. The van der Waals surface area contributed by atoms with Crippen molar-refractivity contribution in [1.82, 2.24) is 0 Å². The maximum Gasteiger partial charge on any atom is 0.139 e. The largest absolute Gasteiger partial charge is 0.398 e. The molecule has 2 aromatic rings. The molecule has 21 heavy (non-hydrogen) atoms. The molecular weight excluding hydrogens is 263 g/mol. The molecular formula is C18H21FN2. The second-order valence-electron chi connectivity index (χ2n) is 3.74. The first-order valence-electron chi connectivity index (χ1n) is 6.98. The number of rotatable bonds is 0. The van der Waals surface area contributed by atoms with Gasteiger partial charge >= 0.3 is 0 Å². The molecule has 0 aliphatic heterocycles. The predicted octanol–water partition coefficient (Wildman–Crippen LogP) is 4.77. The smallest absolute Gasteiger partial charge is 0.139 e. The number of nitrogen functional groups attached to an aromatic ring is 1. The van der Waals surface area contributed by atoms with Gasteiger partial charge in [0.1, 0.15) is 11.9 Å². The van der Waals surface area contributed by atoms with Crippen molar-refractivity contribution in [2.45, 2.75) is 34.6 Å². The standard InChI is InChI=1S/C14H9FN2.2C2H6/c1-3-10-12(15)5-4-9-6-13(17)11(7-16)8(2)14(9)10;2*1-2/h1,4-6H,17H2,2H3;2*1-2H3. The minimum Gasteiger partial charge on any atom is -0.398 e. The lowest BCUT2D eigenvalue weighted by atomic mass is 9.95. The summed E-state index contributed by atoms with van der Waals surface area (Å²) in [6, 6.07) is 6.57. The van der Waals surface area contributed by atoms with Crippen LogP contribution in [-0.2, 0) is 0 Å². The SMILES string of the molecule is C#Cc1c(F)ccc2cc(N)c(C#N)c(C)c12.CC.CC. The third-order valence-corrected chi connectivity index (χ3v) is 2.79. The zero-order valence-corrected chi connectivity index (χ0v) is 13.2. The zero-order chi connectivity index (χ0) is 16.6. The first-order valence-corrected chi connectivity index (χ1v) is 6.98. The molecule has 2 N–H and O–H groups in total. The van der Waals surface area contributed by atoms with Crippen LogP contribution in [0.4, 0.5) is 10.1 Å². The average Bonchev–Trinajstić information content (AvgIpc) is 2.52. The molecule has 2 aromatic carbocycles. The number of anilines is 1. The van der Waals surface area contributed by atoms with Crippen molar-refractivity contribution < 1.29 is 4.39 Å². The zero-order valence-electron chi connectivity index (χ0n) is 13.2. The maximum absolute atomic E-state index is 13.6. The molecule has 0 saturated heterocycles. The highest BCUT2D eigenvalue weighted by molar-refractivity contribution is 5.95. The van der Waals surface area contributed by atoms with Crippen molar-refractivity contribution in [2.24, 2.45) is 0 Å². The van der Waals surface area contributed by atoms with E-state index in [1.165, 1.54) is 6.07 Å². The van der Waals surface area contributed by atoms with E-state index in [0.29, 0.717) is 22.2 Å². The molecule has 110 valence electrons. The summed E-state index contributed by atoms with van der Waals surface area (Å²) in [6.45, 7) is 9.72. The number of hydrogen-bond donors (Lipinski definition) is 1. The molecule has 0 aliphatic carbocycles. The van der Waals surface area contributed by atoms with Gasteiger partial charge in [-0.2, -0.15) is 5.26 Å². The van der Waals surface area contributed by atoms with E-state index in [9.17, 15) is 4.39 Å². The topological polar surface area (TPSA) is 49.8 Å². The van der Waals surface area contributed by atoms with Crippen LogP contribution >= 0.6 is 0 Å². The summed E-state index contributed by atoms with van der Waals surface area (Å²) in [4.78, 5) is 0. The average molecular weight is 284 g/mol. The fourth-order valence-electron chi connectivity index (χ4n) is 1.99. The van der Waals surface area contributed by atoms with Crippen molar-refractivity contribution in [3.05, 3.63) is 40.7 Å². The number of terminal acetylenes is 1. The van der Waals surface area contributed by atoms with Crippen LogP contribution in [0.3, 0.4) is 0 Å². The van der Waals surface area contributed by atoms with Gasteiger partial charge in [0.2, 0.25) is 0 Å². The Balaban J connectivity index is 0.000000921. The van der Waals surface area contributed by atoms with Gasteiger partial charge in [0.05, 0.1) is 16.8 Å². The Morgan fingerprint density at radius 1 is 1.14 bits per heavy atom. The van der Waals surface area contributed by atoms with E-state index >= 15 is 0 Å². The van der Waals surface area contributed by atoms with Crippen LogP contribution in [0.2, 0.25) is 0 Å². The monoisotopic (exact) mass is 284 g/mol. The molecule has 0 fully saturated rings. The summed E-state index contributed by atoms with van der Waals surface area (Å²) in [5.41, 5.74) is 7.29. The fraction of sp³-hybridized carbons (Fsp3) is 0.278. The molecule has 0 unspecified atom stereocenters. The number of hydrogen-bond acceptors (Lipinski definition) is 2. The number of fused-ring (bicyclic) bond motifs is 1. The Labute approximate surface area is 126 Å². The third-order valence-electron chi connectivity index (χ3n) is 2.79. The van der Waals surface area contributed by atoms with Crippen LogP contribution in [-0.4, -0.2) is 0 Å². The van der Waals surface area contributed by atoms with Crippen LogP contribution in [0, 0.1) is 36.4 Å². The highest BCUT2D eigenvalue weighted by Gasteiger charge is 2.13. The second kappa shape index (κ2) is 8.61. The summed E-state index contributed by atoms with van der Waals surface area (Å²) in [5, 5.41) is 10.3. The van der Waals surface area contributed by atoms with Crippen molar-refractivity contribution in [3.8, 4) is 18.4 Å². The normalized spacial score (nSPS) is 8.57. The molecule has 0 amide bonds. The Bertz CT molecular complexity index is 704. The Kier molecular flexibility index (Phi) is 7.58. The van der Waals surface area contributed by atoms with E-state index in [1.807, 2.05) is 33.8 Å². The van der Waals surface area contributed by atoms with E-state index < -0.39 is 5.82 Å². The van der Waals surface area contributed by atoms with Gasteiger partial charge in [-0.3, -0.25) is 0 Å². The molecule has 2 rings (SSSR count). The lowest BCUT2D eigenvalue weighted by Crippen LogP contribution is -1.97. The number of nitrogens with two attached hydrogens (primary N) is 1. The lowest BCUT2D eigenvalue weighted by molar-refractivity contribution is 0.626. The summed E-state index contributed by atoms with van der Waals surface area (Å²) >= 11 is 0. The van der Waals surface area contributed by atoms with E-state index in [4.69, 9.17) is 17.4 Å². The van der Waals surface area contributed by atoms with Gasteiger partial charge in [-0.05, 0) is 30.0 Å². The van der Waals surface area contributed by atoms with E-state index in [1.54, 1.807) is 19.1 Å². The number of nitrogens with zero attached hydrogens (tertiary/aromatic N) is 1. The Hall–Kier alpha value is -2.52. The number of benzene rings is 2. The summed E-state index contributed by atoms with van der Waals surface area (Å²) in [5.74, 6) is 1.86. The van der Waals surface area contributed by atoms with Crippen LogP contribution in [0.25, 0.3) is 10.8 Å². The minimum absolute atomic E-state index is 0.177. The lowest BCUT2D eigenvalue weighted by Gasteiger charge is -2.10. The summed E-state index contributed by atoms with van der Waals surface area (Å²) in [7, 11) is 0. The van der Waals surface area contributed by atoms with Gasteiger partial charge in [-0.15, -0.1) is 6.42 Å². The Morgan fingerprint density at radius 3 is 2.19 bits per heavy atom. The highest BCUT2D eigenvalue weighted by Crippen LogP contribution is 2.30. The van der Waals surface area contributed by atoms with Gasteiger partial charge in [-0.1, -0.05) is 39.7 Å². The first-order chi connectivity index (χ1) is 10.1. The molecule has 0 aromatic heterocycles. The van der Waals surface area contributed by atoms with Gasteiger partial charge in [0.25, 0.3) is 0 Å². The van der Waals surface area contributed by atoms with Gasteiger partial charge < -0.3 is 5.73 Å². The van der Waals surface area contributed by atoms with E-state index in [0.717, 1.165) is 5.39 Å². The van der Waals surface area contributed by atoms with Crippen LogP contribution < -0.4 is 5.73 Å². The first kappa shape index (κ1) is 18.5. The molecule has 3 heteroatoms. The second-order valence-corrected chi connectivity index (χ2v) is 3.74. The van der Waals surface area contributed by atoms with E-state index in [-0.39, 0.29) is 5.56 Å². The van der Waals surface area contributed by atoms with Crippen LogP contribution in [0.15, 0.2) is 18.2 Å². The number of nitriles is 1. The summed E-state index contributed by atoms with van der Waals surface area (Å²) in [6.07, 6.45) is 5.31. The quantitative estimate of drug-likeness (QED) is 0.559.